The van der Waals surface area contributed by atoms with Gasteiger partial charge in [-0.05, 0) is 56.3 Å². The Balaban J connectivity index is 1.41. The third-order valence-electron chi connectivity index (χ3n) is 8.22. The van der Waals surface area contributed by atoms with Crippen molar-refractivity contribution in [2.75, 3.05) is 63.9 Å². The van der Waals surface area contributed by atoms with E-state index < -0.39 is 24.5 Å². The number of rotatable bonds is 6. The highest BCUT2D eigenvalue weighted by Crippen LogP contribution is 2.41. The largest absolute Gasteiger partial charge is 0.434 e. The molecule has 0 aliphatic carbocycles. The zero-order valence-corrected chi connectivity index (χ0v) is 22.0. The first-order valence-corrected chi connectivity index (χ1v) is 13.3. The number of hydrogen-bond donors (Lipinski definition) is 0. The molecule has 0 aromatic heterocycles. The van der Waals surface area contributed by atoms with Gasteiger partial charge in [0.05, 0.1) is 0 Å². The molecule has 1 aromatic rings. The second-order valence-corrected chi connectivity index (χ2v) is 10.7. The van der Waals surface area contributed by atoms with E-state index in [0.29, 0.717) is 25.9 Å². The first-order valence-electron chi connectivity index (χ1n) is 13.3. The molecule has 1 amide bonds. The van der Waals surface area contributed by atoms with Gasteiger partial charge in [0.25, 0.3) is 6.10 Å². The molecule has 0 bridgehead atoms. The molecule has 1 aromatic carbocycles. The first kappa shape index (κ1) is 29.7. The standard InChI is InChI=1S/C26H35F7N4O2/c1-19-3-4-20(21(17-19)35-15-13-34(12-8-27)14-16-35)18-37-9-2-5-24(37)6-10-36(11-7-24)23(38)39-22(25(28,29)30)26(31,32)33/h3-4,17,22H,2,5-16,18H2,1H3. The number of piperazine rings is 1. The summed E-state index contributed by atoms with van der Waals surface area (Å²) >= 11 is 0. The summed E-state index contributed by atoms with van der Waals surface area (Å²) in [6.07, 6.45) is -14.6. The molecule has 3 aliphatic heterocycles. The molecule has 0 atom stereocenters. The van der Waals surface area contributed by atoms with Gasteiger partial charge in [-0.25, -0.2) is 9.18 Å². The summed E-state index contributed by atoms with van der Waals surface area (Å²) in [5.74, 6) is 0. The van der Waals surface area contributed by atoms with Crippen LogP contribution in [0.15, 0.2) is 18.2 Å². The van der Waals surface area contributed by atoms with Crippen molar-refractivity contribution in [2.24, 2.45) is 0 Å². The number of carbonyl (C=O) groups excluding carboxylic acids is 1. The van der Waals surface area contributed by atoms with Gasteiger partial charge in [0.1, 0.15) is 6.67 Å². The number of likely N-dealkylation sites (tertiary alicyclic amines) is 2. The molecule has 0 N–H and O–H groups in total. The van der Waals surface area contributed by atoms with E-state index in [1.807, 2.05) is 6.92 Å². The number of nitrogens with zero attached hydrogens (tertiary/aromatic N) is 4. The van der Waals surface area contributed by atoms with E-state index in [1.54, 1.807) is 0 Å². The van der Waals surface area contributed by atoms with Gasteiger partial charge in [0.2, 0.25) is 0 Å². The second-order valence-electron chi connectivity index (χ2n) is 10.7. The average Bonchev–Trinajstić information content (AvgIpc) is 3.24. The predicted molar refractivity (Wildman–Crippen MR) is 131 cm³/mol. The van der Waals surface area contributed by atoms with Crippen LogP contribution in [0.2, 0.25) is 0 Å². The molecule has 3 aliphatic rings. The quantitative estimate of drug-likeness (QED) is 0.445. The fourth-order valence-corrected chi connectivity index (χ4v) is 6.05. The van der Waals surface area contributed by atoms with Crippen LogP contribution < -0.4 is 4.90 Å². The van der Waals surface area contributed by atoms with Crippen LogP contribution in [-0.2, 0) is 11.3 Å². The predicted octanol–water partition coefficient (Wildman–Crippen LogP) is 5.15. The van der Waals surface area contributed by atoms with Gasteiger partial charge in [-0.2, -0.15) is 26.3 Å². The molecule has 220 valence electrons. The van der Waals surface area contributed by atoms with Crippen molar-refractivity contribution < 1.29 is 40.3 Å². The Morgan fingerprint density at radius 3 is 2.18 bits per heavy atom. The van der Waals surface area contributed by atoms with Gasteiger partial charge in [0, 0.05) is 63.6 Å². The normalized spacial score (nSPS) is 21.3. The van der Waals surface area contributed by atoms with Gasteiger partial charge in [-0.15, -0.1) is 0 Å². The van der Waals surface area contributed by atoms with Gasteiger partial charge < -0.3 is 14.5 Å². The van der Waals surface area contributed by atoms with Gasteiger partial charge in [-0.1, -0.05) is 12.1 Å². The van der Waals surface area contributed by atoms with Crippen LogP contribution in [0.5, 0.6) is 0 Å². The number of hydrogen-bond acceptors (Lipinski definition) is 5. The van der Waals surface area contributed by atoms with Crippen molar-refractivity contribution >= 4 is 11.8 Å². The molecule has 0 saturated carbocycles. The number of amides is 1. The van der Waals surface area contributed by atoms with E-state index in [4.69, 9.17) is 0 Å². The summed E-state index contributed by atoms with van der Waals surface area (Å²) in [6, 6.07) is 6.31. The number of anilines is 1. The van der Waals surface area contributed by atoms with Crippen LogP contribution in [0.4, 0.5) is 41.2 Å². The molecule has 13 heteroatoms. The lowest BCUT2D eigenvalue weighted by Crippen LogP contribution is -2.54. The summed E-state index contributed by atoms with van der Waals surface area (Å²) in [4.78, 5) is 20.0. The molecule has 3 heterocycles. The molecule has 4 rings (SSSR count). The Kier molecular flexibility index (Phi) is 8.89. The molecule has 0 radical (unpaired) electrons. The second kappa shape index (κ2) is 11.7. The van der Waals surface area contributed by atoms with Gasteiger partial charge in [-0.3, -0.25) is 9.80 Å². The number of benzene rings is 1. The van der Waals surface area contributed by atoms with Gasteiger partial charge >= 0.3 is 18.4 Å². The number of aryl methyl sites for hydroxylation is 1. The SMILES string of the molecule is Cc1ccc(CN2CCCC23CCN(C(=O)OC(C(F)(F)F)C(F)(F)F)CC3)c(N2CCN(CCF)CC2)c1. The summed E-state index contributed by atoms with van der Waals surface area (Å²) in [7, 11) is 0. The van der Waals surface area contributed by atoms with Crippen molar-refractivity contribution in [1.82, 2.24) is 14.7 Å². The smallest absolute Gasteiger partial charge is 0.426 e. The minimum atomic E-state index is -5.74. The number of alkyl halides is 7. The maximum Gasteiger partial charge on any atom is 0.434 e. The number of ether oxygens (including phenoxy) is 1. The van der Waals surface area contributed by atoms with E-state index in [0.717, 1.165) is 67.3 Å². The lowest BCUT2D eigenvalue weighted by molar-refractivity contribution is -0.308. The van der Waals surface area contributed by atoms with Crippen molar-refractivity contribution in [3.8, 4) is 0 Å². The van der Waals surface area contributed by atoms with E-state index in [2.05, 4.69) is 37.6 Å². The highest BCUT2D eigenvalue weighted by molar-refractivity contribution is 5.68. The zero-order valence-electron chi connectivity index (χ0n) is 22.0. The Bertz CT molecular complexity index is 973. The van der Waals surface area contributed by atoms with E-state index in [1.165, 1.54) is 0 Å². The molecular formula is C26H35F7N4O2. The minimum absolute atomic E-state index is 0.0229. The zero-order chi connectivity index (χ0) is 28.4. The summed E-state index contributed by atoms with van der Waals surface area (Å²) in [5, 5.41) is 0. The molecule has 3 saturated heterocycles. The van der Waals surface area contributed by atoms with Crippen LogP contribution in [-0.4, -0.2) is 104 Å². The topological polar surface area (TPSA) is 39.3 Å². The van der Waals surface area contributed by atoms with Crippen LogP contribution in [0, 0.1) is 6.92 Å². The molecular weight excluding hydrogens is 533 g/mol. The maximum atomic E-state index is 12.8. The Labute approximate surface area is 223 Å². The Hall–Kier alpha value is -2.28. The monoisotopic (exact) mass is 568 g/mol. The highest BCUT2D eigenvalue weighted by Gasteiger charge is 2.60. The Morgan fingerprint density at radius 1 is 0.949 bits per heavy atom. The summed E-state index contributed by atoms with van der Waals surface area (Å²) in [6.45, 7) is 6.73. The highest BCUT2D eigenvalue weighted by atomic mass is 19.4. The average molecular weight is 569 g/mol. The third kappa shape index (κ3) is 6.90. The van der Waals surface area contributed by atoms with E-state index in [-0.39, 0.29) is 25.3 Å². The van der Waals surface area contributed by atoms with Crippen LogP contribution >= 0.6 is 0 Å². The lowest BCUT2D eigenvalue weighted by atomic mass is 9.84. The number of halogens is 7. The van der Waals surface area contributed by atoms with Gasteiger partial charge in [0.15, 0.2) is 0 Å². The number of carbonyl (C=O) groups is 1. The third-order valence-corrected chi connectivity index (χ3v) is 8.22. The minimum Gasteiger partial charge on any atom is -0.426 e. The molecule has 39 heavy (non-hydrogen) atoms. The fraction of sp³-hybridized carbons (Fsp3) is 0.731. The number of piperidine rings is 1. The first-order chi connectivity index (χ1) is 18.3. The maximum absolute atomic E-state index is 12.8. The van der Waals surface area contributed by atoms with Crippen molar-refractivity contribution in [3.63, 3.8) is 0 Å². The van der Waals surface area contributed by atoms with Crippen molar-refractivity contribution in [2.45, 2.75) is 63.1 Å². The fourth-order valence-electron chi connectivity index (χ4n) is 6.05. The van der Waals surface area contributed by atoms with E-state index >= 15 is 0 Å². The van der Waals surface area contributed by atoms with Crippen molar-refractivity contribution in [1.29, 1.82) is 0 Å². The Morgan fingerprint density at radius 2 is 1.59 bits per heavy atom. The van der Waals surface area contributed by atoms with Crippen LogP contribution in [0.25, 0.3) is 0 Å². The summed E-state index contributed by atoms with van der Waals surface area (Å²) < 4.78 is 93.7. The lowest BCUT2D eigenvalue weighted by Gasteiger charge is -2.45. The van der Waals surface area contributed by atoms with Crippen LogP contribution in [0.3, 0.4) is 0 Å². The summed E-state index contributed by atoms with van der Waals surface area (Å²) in [5.41, 5.74) is 3.11. The van der Waals surface area contributed by atoms with Crippen LogP contribution in [0.1, 0.15) is 36.8 Å². The molecule has 0 unspecified atom stereocenters. The molecule has 6 nitrogen and oxygen atoms in total. The molecule has 1 spiro atoms. The molecule has 3 fully saturated rings. The van der Waals surface area contributed by atoms with Crippen molar-refractivity contribution in [3.05, 3.63) is 29.3 Å². The van der Waals surface area contributed by atoms with E-state index in [9.17, 15) is 35.5 Å².